The summed E-state index contributed by atoms with van der Waals surface area (Å²) in [6.45, 7) is 8.33. The Labute approximate surface area is 237 Å². The van der Waals surface area contributed by atoms with Gasteiger partial charge in [0.15, 0.2) is 0 Å². The first kappa shape index (κ1) is 30.8. The lowest BCUT2D eigenvalue weighted by Gasteiger charge is -2.35. The van der Waals surface area contributed by atoms with Crippen molar-refractivity contribution < 1.29 is 22.4 Å². The Balaban J connectivity index is 2.11. The van der Waals surface area contributed by atoms with Crippen LogP contribution in [0.15, 0.2) is 72.8 Å². The van der Waals surface area contributed by atoms with E-state index in [1.165, 1.54) is 11.0 Å². The molecule has 0 radical (unpaired) electrons. The quantitative estimate of drug-likeness (QED) is 0.383. The van der Waals surface area contributed by atoms with Crippen molar-refractivity contribution in [3.8, 4) is 0 Å². The van der Waals surface area contributed by atoms with Gasteiger partial charge in [0.2, 0.25) is 21.8 Å². The summed E-state index contributed by atoms with van der Waals surface area (Å²) in [5.74, 6) is -1.57. The van der Waals surface area contributed by atoms with Gasteiger partial charge in [-0.3, -0.25) is 13.9 Å². The van der Waals surface area contributed by atoms with Crippen LogP contribution in [0.25, 0.3) is 0 Å². The van der Waals surface area contributed by atoms with E-state index in [2.05, 4.69) is 5.32 Å². The normalized spacial score (nSPS) is 12.5. The molecule has 3 aromatic carbocycles. The minimum atomic E-state index is -3.89. The van der Waals surface area contributed by atoms with Crippen molar-refractivity contribution in [3.05, 3.63) is 101 Å². The van der Waals surface area contributed by atoms with Crippen LogP contribution < -0.4 is 9.62 Å². The molecule has 0 aromatic heterocycles. The maximum atomic E-state index is 14.8. The summed E-state index contributed by atoms with van der Waals surface area (Å²) in [4.78, 5) is 29.1. The molecule has 0 heterocycles. The molecule has 1 N–H and O–H groups in total. The van der Waals surface area contributed by atoms with Gasteiger partial charge in [-0.15, -0.1) is 0 Å². The highest BCUT2D eigenvalue weighted by molar-refractivity contribution is 7.92. The molecule has 0 bridgehead atoms. The molecule has 2 amide bonds. The Morgan fingerprint density at radius 3 is 2.17 bits per heavy atom. The average molecular weight is 568 g/mol. The molecule has 0 spiro atoms. The number of aryl methyl sites for hydroxylation is 2. The smallest absolute Gasteiger partial charge is 0.244 e. The molecule has 0 unspecified atom stereocenters. The zero-order valence-corrected chi connectivity index (χ0v) is 24.8. The third kappa shape index (κ3) is 8.39. The van der Waals surface area contributed by atoms with Crippen molar-refractivity contribution in [2.75, 3.05) is 17.1 Å². The summed E-state index contributed by atoms with van der Waals surface area (Å²) in [6, 6.07) is 19.6. The van der Waals surface area contributed by atoms with Gasteiger partial charge in [-0.2, -0.15) is 0 Å². The summed E-state index contributed by atoms with van der Waals surface area (Å²) in [5.41, 5.74) is 2.30. The third-order valence-corrected chi connectivity index (χ3v) is 7.51. The van der Waals surface area contributed by atoms with Gasteiger partial charge in [0, 0.05) is 24.1 Å². The second-order valence-corrected chi connectivity index (χ2v) is 13.0. The molecule has 40 heavy (non-hydrogen) atoms. The highest BCUT2D eigenvalue weighted by Crippen LogP contribution is 2.25. The van der Waals surface area contributed by atoms with Crippen molar-refractivity contribution in [2.24, 2.45) is 0 Å². The lowest BCUT2D eigenvalue weighted by atomic mass is 10.0. The maximum Gasteiger partial charge on any atom is 0.244 e. The molecule has 9 heteroatoms. The molecule has 0 aliphatic rings. The van der Waals surface area contributed by atoms with E-state index in [-0.39, 0.29) is 18.5 Å². The second-order valence-electron chi connectivity index (χ2n) is 11.1. The molecule has 0 saturated heterocycles. The summed E-state index contributed by atoms with van der Waals surface area (Å²) in [6.07, 6.45) is 1.20. The van der Waals surface area contributed by atoms with Crippen LogP contribution in [-0.2, 0) is 32.6 Å². The molecule has 3 rings (SSSR count). The Hall–Kier alpha value is -3.72. The second kappa shape index (κ2) is 12.6. The predicted molar refractivity (Wildman–Crippen MR) is 157 cm³/mol. The van der Waals surface area contributed by atoms with E-state index >= 15 is 0 Å². The number of nitrogens with one attached hydrogen (secondary N) is 1. The van der Waals surface area contributed by atoms with Gasteiger partial charge in [-0.1, -0.05) is 60.7 Å². The monoisotopic (exact) mass is 567 g/mol. The first-order chi connectivity index (χ1) is 18.7. The fourth-order valence-electron chi connectivity index (χ4n) is 4.40. The first-order valence-corrected chi connectivity index (χ1v) is 14.9. The molecule has 0 aliphatic carbocycles. The average Bonchev–Trinajstić information content (AvgIpc) is 2.86. The van der Waals surface area contributed by atoms with Crippen molar-refractivity contribution in [2.45, 2.75) is 59.2 Å². The Morgan fingerprint density at radius 2 is 1.57 bits per heavy atom. The van der Waals surface area contributed by atoms with Crippen molar-refractivity contribution >= 4 is 27.5 Å². The highest BCUT2D eigenvalue weighted by Gasteiger charge is 2.35. The van der Waals surface area contributed by atoms with Gasteiger partial charge in [0.1, 0.15) is 18.4 Å². The van der Waals surface area contributed by atoms with Gasteiger partial charge in [-0.25, -0.2) is 12.8 Å². The zero-order chi connectivity index (χ0) is 29.7. The number of nitrogens with zero attached hydrogens (tertiary/aromatic N) is 2. The maximum absolute atomic E-state index is 14.8. The summed E-state index contributed by atoms with van der Waals surface area (Å²) in [7, 11) is -3.89. The topological polar surface area (TPSA) is 86.8 Å². The molecule has 1 atom stereocenters. The molecule has 3 aromatic rings. The number of anilines is 1. The number of carbonyl (C=O) groups is 2. The fraction of sp³-hybridized carbons (Fsp3) is 0.355. The highest BCUT2D eigenvalue weighted by atomic mass is 32.2. The zero-order valence-electron chi connectivity index (χ0n) is 23.9. The van der Waals surface area contributed by atoms with E-state index in [4.69, 9.17) is 0 Å². The van der Waals surface area contributed by atoms with Crippen LogP contribution in [0.3, 0.4) is 0 Å². The Morgan fingerprint density at radius 1 is 0.950 bits per heavy atom. The molecule has 0 fully saturated rings. The van der Waals surface area contributed by atoms with E-state index < -0.39 is 45.8 Å². The third-order valence-electron chi connectivity index (χ3n) is 6.38. The van der Waals surface area contributed by atoms with Crippen LogP contribution in [0.5, 0.6) is 0 Å². The lowest BCUT2D eigenvalue weighted by molar-refractivity contribution is -0.140. The van der Waals surface area contributed by atoms with Crippen LogP contribution in [0.4, 0.5) is 10.1 Å². The molecule has 0 aliphatic heterocycles. The number of sulfonamides is 1. The van der Waals surface area contributed by atoms with Crippen molar-refractivity contribution in [3.63, 3.8) is 0 Å². The number of halogens is 1. The van der Waals surface area contributed by atoms with E-state index in [9.17, 15) is 22.4 Å². The van der Waals surface area contributed by atoms with Crippen LogP contribution in [0.2, 0.25) is 0 Å². The van der Waals surface area contributed by atoms with E-state index in [0.29, 0.717) is 11.3 Å². The summed E-state index contributed by atoms with van der Waals surface area (Å²) in [5, 5.41) is 2.95. The fourth-order valence-corrected chi connectivity index (χ4v) is 5.30. The predicted octanol–water partition coefficient (Wildman–Crippen LogP) is 4.76. The van der Waals surface area contributed by atoms with Crippen LogP contribution in [0, 0.1) is 19.7 Å². The number of benzene rings is 3. The molecule has 0 saturated carbocycles. The van der Waals surface area contributed by atoms with Gasteiger partial charge in [0.25, 0.3) is 0 Å². The lowest BCUT2D eigenvalue weighted by Crippen LogP contribution is -2.56. The van der Waals surface area contributed by atoms with E-state index in [0.717, 1.165) is 21.7 Å². The Kier molecular flexibility index (Phi) is 9.73. The molecule has 214 valence electrons. The number of rotatable bonds is 10. The van der Waals surface area contributed by atoms with Gasteiger partial charge in [0.05, 0.1) is 11.9 Å². The van der Waals surface area contributed by atoms with Crippen LogP contribution >= 0.6 is 0 Å². The van der Waals surface area contributed by atoms with Crippen LogP contribution in [-0.4, -0.2) is 49.5 Å². The number of carbonyl (C=O) groups excluding carboxylic acids is 2. The number of hydrogen-bond donors (Lipinski definition) is 1. The molecular weight excluding hydrogens is 529 g/mol. The van der Waals surface area contributed by atoms with Crippen molar-refractivity contribution in [1.29, 1.82) is 0 Å². The minimum Gasteiger partial charge on any atom is -0.350 e. The summed E-state index contributed by atoms with van der Waals surface area (Å²) >= 11 is 0. The Bertz CT molecular complexity index is 1450. The van der Waals surface area contributed by atoms with Crippen molar-refractivity contribution in [1.82, 2.24) is 10.2 Å². The standard InChI is InChI=1S/C31H38FN3O4S/c1-22-16-17-23(2)27(18-22)35(40(6,38)39)21-29(36)34(20-25-14-10-11-15-26(25)32)28(30(37)33-31(3,4)5)19-24-12-8-7-9-13-24/h7-18,28H,19-21H2,1-6H3,(H,33,37)/t28-/m0/s1. The minimum absolute atomic E-state index is 0.158. The van der Waals surface area contributed by atoms with E-state index in [1.807, 2.05) is 64.1 Å². The van der Waals surface area contributed by atoms with Gasteiger partial charge < -0.3 is 10.2 Å². The largest absolute Gasteiger partial charge is 0.350 e. The first-order valence-electron chi connectivity index (χ1n) is 13.1. The SMILES string of the molecule is Cc1ccc(C)c(N(CC(=O)N(Cc2ccccc2F)[C@@H](Cc2ccccc2)C(=O)NC(C)(C)C)S(C)(=O)=O)c1. The van der Waals surface area contributed by atoms with Crippen LogP contribution in [0.1, 0.15) is 43.0 Å². The van der Waals surface area contributed by atoms with Gasteiger partial charge in [-0.05, 0) is 63.4 Å². The molecule has 7 nitrogen and oxygen atoms in total. The van der Waals surface area contributed by atoms with Gasteiger partial charge >= 0.3 is 0 Å². The number of hydrogen-bond acceptors (Lipinski definition) is 4. The summed E-state index contributed by atoms with van der Waals surface area (Å²) < 4.78 is 41.8. The molecular formula is C31H38FN3O4S. The van der Waals surface area contributed by atoms with E-state index in [1.54, 1.807) is 37.3 Å². The number of amides is 2.